The van der Waals surface area contributed by atoms with Crippen molar-refractivity contribution in [2.24, 2.45) is 0 Å². The summed E-state index contributed by atoms with van der Waals surface area (Å²) in [4.78, 5) is 22.1. The van der Waals surface area contributed by atoms with Crippen LogP contribution in [0.4, 0.5) is 5.69 Å². The van der Waals surface area contributed by atoms with E-state index in [0.29, 0.717) is 16.4 Å². The highest BCUT2D eigenvalue weighted by molar-refractivity contribution is 8.00. The molecule has 21 heavy (non-hydrogen) atoms. The predicted molar refractivity (Wildman–Crippen MR) is 77.8 cm³/mol. The first-order valence-electron chi connectivity index (χ1n) is 5.68. The van der Waals surface area contributed by atoms with Gasteiger partial charge >= 0.3 is 5.97 Å². The van der Waals surface area contributed by atoms with E-state index in [1.807, 2.05) is 0 Å². The van der Waals surface area contributed by atoms with Gasteiger partial charge in [0.15, 0.2) is 0 Å². The van der Waals surface area contributed by atoms with Crippen LogP contribution in [0.3, 0.4) is 0 Å². The number of hydrogen-bond acceptors (Lipinski definition) is 6. The molecule has 10 heteroatoms. The van der Waals surface area contributed by atoms with Crippen LogP contribution in [0.15, 0.2) is 24.5 Å². The Kier molecular flexibility index (Phi) is 5.12. The number of nitrogens with zero attached hydrogens (tertiary/aromatic N) is 4. The molecule has 0 aliphatic rings. The zero-order chi connectivity index (χ0) is 15.2. The summed E-state index contributed by atoms with van der Waals surface area (Å²) in [6.45, 7) is 0. The number of carboxylic acids is 1. The van der Waals surface area contributed by atoms with Gasteiger partial charge in [0.25, 0.3) is 0 Å². The Balaban J connectivity index is 2.04. The quantitative estimate of drug-likeness (QED) is 0.816. The van der Waals surface area contributed by atoms with Gasteiger partial charge in [0.05, 0.1) is 27.9 Å². The second-order valence-electron chi connectivity index (χ2n) is 3.85. The van der Waals surface area contributed by atoms with Crippen LogP contribution in [0.5, 0.6) is 0 Å². The minimum atomic E-state index is -0.966. The molecule has 2 rings (SSSR count). The molecule has 1 amide bonds. The summed E-state index contributed by atoms with van der Waals surface area (Å²) in [6, 6.07) is 4.94. The normalized spacial score (nSPS) is 10.3. The minimum absolute atomic E-state index is 0.0255. The van der Waals surface area contributed by atoms with Crippen LogP contribution in [0.25, 0.3) is 5.69 Å². The number of carboxylic acid groups (broad SMARTS) is 1. The third-order valence-corrected chi connectivity index (χ3v) is 3.54. The van der Waals surface area contributed by atoms with E-state index >= 15 is 0 Å². The lowest BCUT2D eigenvalue weighted by Crippen LogP contribution is -2.16. The molecule has 8 nitrogen and oxygen atoms in total. The van der Waals surface area contributed by atoms with E-state index in [9.17, 15) is 9.59 Å². The number of halogens is 1. The maximum Gasteiger partial charge on any atom is 0.313 e. The topological polar surface area (TPSA) is 110 Å². The molecule has 2 N–H and O–H groups in total. The molecule has 0 atom stereocenters. The smallest absolute Gasteiger partial charge is 0.313 e. The fourth-order valence-corrected chi connectivity index (χ4v) is 2.15. The van der Waals surface area contributed by atoms with Crippen molar-refractivity contribution in [1.29, 1.82) is 0 Å². The van der Waals surface area contributed by atoms with E-state index in [1.54, 1.807) is 18.2 Å². The molecule has 110 valence electrons. The summed E-state index contributed by atoms with van der Waals surface area (Å²) in [7, 11) is 0. The summed E-state index contributed by atoms with van der Waals surface area (Å²) in [5, 5.41) is 22.3. The van der Waals surface area contributed by atoms with Gasteiger partial charge in [-0.15, -0.1) is 16.9 Å². The van der Waals surface area contributed by atoms with E-state index in [2.05, 4.69) is 20.8 Å². The van der Waals surface area contributed by atoms with E-state index < -0.39 is 5.97 Å². The monoisotopic (exact) mass is 327 g/mol. The summed E-state index contributed by atoms with van der Waals surface area (Å²) in [5.74, 6) is -1.41. The number of carbonyl (C=O) groups is 2. The second-order valence-corrected chi connectivity index (χ2v) is 5.25. The molecule has 1 aromatic heterocycles. The van der Waals surface area contributed by atoms with Gasteiger partial charge in [-0.25, -0.2) is 4.68 Å². The van der Waals surface area contributed by atoms with Crippen molar-refractivity contribution in [3.05, 3.63) is 29.5 Å². The molecule has 0 saturated carbocycles. The largest absolute Gasteiger partial charge is 0.481 e. The number of amides is 1. The van der Waals surface area contributed by atoms with Crippen LogP contribution in [0.1, 0.15) is 0 Å². The molecule has 0 spiro atoms. The van der Waals surface area contributed by atoms with Crippen LogP contribution in [-0.2, 0) is 9.59 Å². The lowest BCUT2D eigenvalue weighted by Gasteiger charge is -2.08. The lowest BCUT2D eigenvalue weighted by atomic mass is 10.2. The Bertz CT molecular complexity index is 649. The third-order valence-electron chi connectivity index (χ3n) is 2.30. The lowest BCUT2D eigenvalue weighted by molar-refractivity contribution is -0.133. The van der Waals surface area contributed by atoms with E-state index in [0.717, 1.165) is 11.8 Å². The average molecular weight is 328 g/mol. The number of benzene rings is 1. The number of aromatic nitrogens is 4. The molecule has 0 aliphatic carbocycles. The Morgan fingerprint density at radius 3 is 2.86 bits per heavy atom. The molecule has 0 bridgehead atoms. The highest BCUT2D eigenvalue weighted by atomic mass is 35.5. The maximum absolute atomic E-state index is 11.7. The Morgan fingerprint density at radius 1 is 1.38 bits per heavy atom. The predicted octanol–water partition coefficient (Wildman–Crippen LogP) is 1.07. The van der Waals surface area contributed by atoms with Crippen LogP contribution in [0.2, 0.25) is 5.02 Å². The van der Waals surface area contributed by atoms with Crippen LogP contribution < -0.4 is 5.32 Å². The van der Waals surface area contributed by atoms with Crippen molar-refractivity contribution < 1.29 is 14.7 Å². The molecule has 0 unspecified atom stereocenters. The SMILES string of the molecule is O=C(O)CSCC(=O)Nc1cc(-n2cnnn2)ccc1Cl. The highest BCUT2D eigenvalue weighted by Gasteiger charge is 2.09. The maximum atomic E-state index is 11.7. The van der Waals surface area contributed by atoms with E-state index in [1.165, 1.54) is 11.0 Å². The summed E-state index contributed by atoms with van der Waals surface area (Å²) in [6.07, 6.45) is 1.41. The Morgan fingerprint density at radius 2 is 2.19 bits per heavy atom. The number of aliphatic carboxylic acids is 1. The van der Waals surface area contributed by atoms with Gasteiger partial charge in [0, 0.05) is 0 Å². The summed E-state index contributed by atoms with van der Waals surface area (Å²) >= 11 is 7.01. The number of hydrogen-bond donors (Lipinski definition) is 2. The molecule has 0 fully saturated rings. The van der Waals surface area contributed by atoms with Crippen LogP contribution in [0, 0.1) is 0 Å². The van der Waals surface area contributed by atoms with Gasteiger partial charge in [-0.3, -0.25) is 9.59 Å². The number of rotatable bonds is 6. The van der Waals surface area contributed by atoms with Crippen molar-refractivity contribution >= 4 is 40.9 Å². The molecule has 0 aliphatic heterocycles. The summed E-state index contributed by atoms with van der Waals surface area (Å²) < 4.78 is 1.42. The highest BCUT2D eigenvalue weighted by Crippen LogP contribution is 2.24. The summed E-state index contributed by atoms with van der Waals surface area (Å²) in [5.41, 5.74) is 1.04. The molecular formula is C11H10ClN5O3S. The number of anilines is 1. The minimum Gasteiger partial charge on any atom is -0.481 e. The Labute approximate surface area is 128 Å². The zero-order valence-corrected chi connectivity index (χ0v) is 12.1. The molecule has 2 aromatic rings. The van der Waals surface area contributed by atoms with E-state index in [-0.39, 0.29) is 17.4 Å². The van der Waals surface area contributed by atoms with Crippen LogP contribution >= 0.6 is 23.4 Å². The van der Waals surface area contributed by atoms with Crippen LogP contribution in [-0.4, -0.2) is 48.7 Å². The first-order chi connectivity index (χ1) is 10.1. The third kappa shape index (κ3) is 4.43. The van der Waals surface area contributed by atoms with Crippen molar-refractivity contribution in [1.82, 2.24) is 20.2 Å². The number of tetrazole rings is 1. The van der Waals surface area contributed by atoms with Gasteiger partial charge in [-0.1, -0.05) is 11.6 Å². The standard InChI is InChI=1S/C11H10ClN5O3S/c12-8-2-1-7(17-6-13-15-16-17)3-9(8)14-10(18)4-21-5-11(19)20/h1-3,6H,4-5H2,(H,14,18)(H,19,20). The number of nitrogens with one attached hydrogen (secondary N) is 1. The van der Waals surface area contributed by atoms with Gasteiger partial charge in [-0.05, 0) is 28.6 Å². The first kappa shape index (κ1) is 15.3. The van der Waals surface area contributed by atoms with Crippen molar-refractivity contribution in [3.63, 3.8) is 0 Å². The fourth-order valence-electron chi connectivity index (χ4n) is 1.45. The number of thioether (sulfide) groups is 1. The average Bonchev–Trinajstić information content (AvgIpc) is 2.95. The molecule has 0 saturated heterocycles. The van der Waals surface area contributed by atoms with Gasteiger partial charge in [0.2, 0.25) is 5.91 Å². The zero-order valence-electron chi connectivity index (χ0n) is 10.6. The second kappa shape index (κ2) is 7.04. The first-order valence-corrected chi connectivity index (χ1v) is 7.22. The number of carbonyl (C=O) groups excluding carboxylic acids is 1. The fraction of sp³-hybridized carbons (Fsp3) is 0.182. The van der Waals surface area contributed by atoms with Crippen molar-refractivity contribution in [3.8, 4) is 5.69 Å². The van der Waals surface area contributed by atoms with Gasteiger partial charge in [0.1, 0.15) is 6.33 Å². The van der Waals surface area contributed by atoms with Gasteiger partial charge < -0.3 is 10.4 Å². The molecular weight excluding hydrogens is 318 g/mol. The Hall–Kier alpha value is -2.13. The van der Waals surface area contributed by atoms with Crippen molar-refractivity contribution in [2.45, 2.75) is 0 Å². The van der Waals surface area contributed by atoms with Gasteiger partial charge in [-0.2, -0.15) is 0 Å². The van der Waals surface area contributed by atoms with E-state index in [4.69, 9.17) is 16.7 Å². The molecule has 1 heterocycles. The molecule has 0 radical (unpaired) electrons. The molecule has 1 aromatic carbocycles. The van der Waals surface area contributed by atoms with Crippen molar-refractivity contribution in [2.75, 3.05) is 16.8 Å².